The number of amides is 2. The number of hydrogen-bond acceptors (Lipinski definition) is 4. The number of nitrogens with one attached hydrogen (secondary N) is 1. The van der Waals surface area contributed by atoms with Gasteiger partial charge in [-0.15, -0.1) is 0 Å². The van der Waals surface area contributed by atoms with Crippen LogP contribution in [0.2, 0.25) is 5.02 Å². The zero-order chi connectivity index (χ0) is 18.5. The summed E-state index contributed by atoms with van der Waals surface area (Å²) in [4.78, 5) is 29.0. The minimum absolute atomic E-state index is 0.253. The average Bonchev–Trinajstić information content (AvgIpc) is 3.20. The van der Waals surface area contributed by atoms with Gasteiger partial charge in [0.25, 0.3) is 11.8 Å². The van der Waals surface area contributed by atoms with Crippen LogP contribution in [0.4, 0.5) is 0 Å². The van der Waals surface area contributed by atoms with Crippen molar-refractivity contribution in [3.05, 3.63) is 76.9 Å². The van der Waals surface area contributed by atoms with Crippen LogP contribution in [0.1, 0.15) is 20.7 Å². The number of benzene rings is 2. The highest BCUT2D eigenvalue weighted by molar-refractivity contribution is 6.32. The molecule has 6 nitrogen and oxygen atoms in total. The Hall–Kier alpha value is -3.51. The second-order valence-corrected chi connectivity index (χ2v) is 6.51. The summed E-state index contributed by atoms with van der Waals surface area (Å²) in [5.41, 5.74) is 3.04. The molecule has 0 spiro atoms. The number of hydrogen-bond donors (Lipinski definition) is 1. The Balaban J connectivity index is 1.93. The van der Waals surface area contributed by atoms with Crippen molar-refractivity contribution in [3.63, 3.8) is 0 Å². The van der Waals surface area contributed by atoms with Crippen LogP contribution in [0.3, 0.4) is 0 Å². The highest BCUT2D eigenvalue weighted by atomic mass is 35.5. The topological polar surface area (TPSA) is 76.9 Å². The number of halogens is 1. The predicted octanol–water partition coefficient (Wildman–Crippen LogP) is 3.62. The number of carbonyl (C=O) groups is 2. The Morgan fingerprint density at radius 2 is 1.67 bits per heavy atom. The van der Waals surface area contributed by atoms with E-state index in [4.69, 9.17) is 16.7 Å². The van der Waals surface area contributed by atoms with Gasteiger partial charge in [0.15, 0.2) is 5.65 Å². The van der Waals surface area contributed by atoms with Gasteiger partial charge in [0.1, 0.15) is 5.69 Å². The molecule has 0 saturated carbocycles. The lowest BCUT2D eigenvalue weighted by Gasteiger charge is -2.05. The van der Waals surface area contributed by atoms with E-state index >= 15 is 0 Å². The molecule has 1 aliphatic heterocycles. The minimum Gasteiger partial charge on any atom is -0.288 e. The maximum atomic E-state index is 12.5. The molecule has 1 aliphatic rings. The number of aromatic nitrogens is 3. The summed E-state index contributed by atoms with van der Waals surface area (Å²) in [5, 5.41) is 8.07. The first-order chi connectivity index (χ1) is 13.1. The van der Waals surface area contributed by atoms with Crippen LogP contribution in [0.15, 0.2) is 60.8 Å². The molecule has 130 valence electrons. The van der Waals surface area contributed by atoms with Gasteiger partial charge in [-0.25, -0.2) is 9.67 Å². The number of carbonyl (C=O) groups excluding carboxylic acids is 2. The molecular weight excluding hydrogens is 364 g/mol. The molecule has 0 unspecified atom stereocenters. The number of pyridine rings is 1. The molecule has 5 rings (SSSR count). The molecule has 0 bridgehead atoms. The number of fused-ring (bicyclic) bond motifs is 3. The maximum Gasteiger partial charge on any atom is 0.260 e. The molecule has 2 aromatic carbocycles. The van der Waals surface area contributed by atoms with E-state index in [1.165, 1.54) is 6.20 Å². The molecule has 0 atom stereocenters. The Kier molecular flexibility index (Phi) is 3.35. The van der Waals surface area contributed by atoms with E-state index in [1.807, 2.05) is 48.5 Å². The smallest absolute Gasteiger partial charge is 0.260 e. The fourth-order valence-electron chi connectivity index (χ4n) is 3.31. The number of imide groups is 1. The lowest BCUT2D eigenvalue weighted by molar-refractivity contribution is 0.0880. The van der Waals surface area contributed by atoms with E-state index in [1.54, 1.807) is 10.7 Å². The monoisotopic (exact) mass is 374 g/mol. The molecule has 1 N–H and O–H groups in total. The Bertz CT molecular complexity index is 1250. The normalized spacial score (nSPS) is 13.1. The van der Waals surface area contributed by atoms with Gasteiger partial charge in [0.2, 0.25) is 0 Å². The minimum atomic E-state index is -0.450. The van der Waals surface area contributed by atoms with E-state index in [0.717, 1.165) is 5.56 Å². The molecule has 2 aromatic heterocycles. The van der Waals surface area contributed by atoms with Gasteiger partial charge in [0.05, 0.1) is 27.2 Å². The quantitative estimate of drug-likeness (QED) is 0.543. The fraction of sp³-hybridized carbons (Fsp3) is 0. The van der Waals surface area contributed by atoms with E-state index < -0.39 is 11.8 Å². The van der Waals surface area contributed by atoms with Crippen molar-refractivity contribution < 1.29 is 9.59 Å². The zero-order valence-corrected chi connectivity index (χ0v) is 14.6. The first-order valence-electron chi connectivity index (χ1n) is 8.23. The summed E-state index contributed by atoms with van der Waals surface area (Å²) < 4.78 is 1.61. The first kappa shape index (κ1) is 15.7. The second kappa shape index (κ2) is 5.75. The van der Waals surface area contributed by atoms with Gasteiger partial charge in [-0.3, -0.25) is 14.9 Å². The highest BCUT2D eigenvalue weighted by Crippen LogP contribution is 2.35. The van der Waals surface area contributed by atoms with E-state index in [2.05, 4.69) is 10.3 Å². The average molecular weight is 375 g/mol. The second-order valence-electron chi connectivity index (χ2n) is 6.11. The van der Waals surface area contributed by atoms with Crippen LogP contribution in [-0.2, 0) is 0 Å². The molecule has 0 radical (unpaired) electrons. The summed E-state index contributed by atoms with van der Waals surface area (Å²) in [6.45, 7) is 0. The summed E-state index contributed by atoms with van der Waals surface area (Å²) in [7, 11) is 0. The van der Waals surface area contributed by atoms with Gasteiger partial charge in [-0.1, -0.05) is 54.1 Å². The summed E-state index contributed by atoms with van der Waals surface area (Å²) in [5.74, 6) is -0.896. The van der Waals surface area contributed by atoms with Crippen molar-refractivity contribution in [2.24, 2.45) is 0 Å². The van der Waals surface area contributed by atoms with Crippen LogP contribution < -0.4 is 5.32 Å². The number of para-hydroxylation sites is 1. The van der Waals surface area contributed by atoms with Crippen LogP contribution in [0, 0.1) is 0 Å². The highest BCUT2D eigenvalue weighted by Gasteiger charge is 2.33. The van der Waals surface area contributed by atoms with E-state index in [9.17, 15) is 9.59 Å². The lowest BCUT2D eigenvalue weighted by atomic mass is 10.0. The third-order valence-corrected chi connectivity index (χ3v) is 4.84. The van der Waals surface area contributed by atoms with Crippen LogP contribution in [0.25, 0.3) is 28.0 Å². The molecule has 7 heteroatoms. The molecule has 3 heterocycles. The molecular formula is C20H11ClN4O2. The molecule has 0 fully saturated rings. The SMILES string of the molecule is O=C1NC(=O)c2c1cnc1c2c(-c2ccccc2)nn1-c1ccccc1Cl. The zero-order valence-electron chi connectivity index (χ0n) is 13.8. The Morgan fingerprint density at radius 3 is 2.44 bits per heavy atom. The molecule has 2 amide bonds. The van der Waals surface area contributed by atoms with Gasteiger partial charge in [-0.05, 0) is 12.1 Å². The number of nitrogens with zero attached hydrogens (tertiary/aromatic N) is 3. The standard InChI is InChI=1S/C20H11ClN4O2/c21-13-8-4-5-9-14(13)25-18-16(17(24-25)11-6-2-1-3-7-11)15-12(10-22-18)19(26)23-20(15)27/h1-10H,(H,23,26,27). The van der Waals surface area contributed by atoms with Gasteiger partial charge >= 0.3 is 0 Å². The van der Waals surface area contributed by atoms with Crippen molar-refractivity contribution in [1.82, 2.24) is 20.1 Å². The van der Waals surface area contributed by atoms with E-state index in [-0.39, 0.29) is 5.56 Å². The third-order valence-electron chi connectivity index (χ3n) is 4.52. The predicted molar refractivity (Wildman–Crippen MR) is 101 cm³/mol. The molecule has 4 aromatic rings. The maximum absolute atomic E-state index is 12.5. The van der Waals surface area contributed by atoms with E-state index in [0.29, 0.717) is 33.0 Å². The van der Waals surface area contributed by atoms with Crippen molar-refractivity contribution in [2.45, 2.75) is 0 Å². The Morgan fingerprint density at radius 1 is 0.926 bits per heavy atom. The van der Waals surface area contributed by atoms with Gasteiger partial charge < -0.3 is 0 Å². The van der Waals surface area contributed by atoms with Crippen LogP contribution >= 0.6 is 11.6 Å². The van der Waals surface area contributed by atoms with Crippen molar-refractivity contribution >= 4 is 34.4 Å². The van der Waals surface area contributed by atoms with Gasteiger partial charge in [0, 0.05) is 11.8 Å². The summed E-state index contributed by atoms with van der Waals surface area (Å²) >= 11 is 6.36. The van der Waals surface area contributed by atoms with Crippen molar-refractivity contribution in [3.8, 4) is 16.9 Å². The summed E-state index contributed by atoms with van der Waals surface area (Å²) in [6, 6.07) is 16.7. The van der Waals surface area contributed by atoms with Crippen molar-refractivity contribution in [1.29, 1.82) is 0 Å². The van der Waals surface area contributed by atoms with Crippen LogP contribution in [-0.4, -0.2) is 26.6 Å². The fourth-order valence-corrected chi connectivity index (χ4v) is 3.53. The largest absolute Gasteiger partial charge is 0.288 e. The van der Waals surface area contributed by atoms with Gasteiger partial charge in [-0.2, -0.15) is 5.10 Å². The molecule has 0 aliphatic carbocycles. The lowest BCUT2D eigenvalue weighted by Crippen LogP contribution is -2.20. The van der Waals surface area contributed by atoms with Crippen molar-refractivity contribution in [2.75, 3.05) is 0 Å². The van der Waals surface area contributed by atoms with Crippen LogP contribution in [0.5, 0.6) is 0 Å². The molecule has 0 saturated heterocycles. The Labute approximate surface area is 158 Å². The molecule has 27 heavy (non-hydrogen) atoms. The number of rotatable bonds is 2. The summed E-state index contributed by atoms with van der Waals surface area (Å²) in [6.07, 6.45) is 1.40. The third kappa shape index (κ3) is 2.27. The first-order valence-corrected chi connectivity index (χ1v) is 8.60.